The Morgan fingerprint density at radius 3 is 2.46 bits per heavy atom. The molecule has 1 aliphatic heterocycles. The Hall–Kier alpha value is -1.52. The van der Waals surface area contributed by atoms with Crippen molar-refractivity contribution in [3.63, 3.8) is 0 Å². The lowest BCUT2D eigenvalue weighted by molar-refractivity contribution is -0.137. The molecular weight excluding hydrogens is 306 g/mol. The van der Waals surface area contributed by atoms with Crippen molar-refractivity contribution in [1.29, 1.82) is 0 Å². The first-order valence-corrected chi connectivity index (χ1v) is 9.06. The Morgan fingerprint density at radius 1 is 1.21 bits per heavy atom. The van der Waals surface area contributed by atoms with Crippen LogP contribution >= 0.6 is 0 Å². The summed E-state index contributed by atoms with van der Waals surface area (Å²) in [6, 6.07) is 0. The third-order valence-electron chi connectivity index (χ3n) is 5.01. The molecule has 1 spiro atoms. The zero-order valence-electron chi connectivity index (χ0n) is 15.5. The van der Waals surface area contributed by atoms with E-state index in [9.17, 15) is 9.59 Å². The maximum absolute atomic E-state index is 12.2. The van der Waals surface area contributed by atoms with E-state index in [1.807, 2.05) is 38.7 Å². The van der Waals surface area contributed by atoms with Crippen LogP contribution in [-0.2, 0) is 14.3 Å². The van der Waals surface area contributed by atoms with Crippen LogP contribution in [0.2, 0.25) is 0 Å². The van der Waals surface area contributed by atoms with E-state index in [4.69, 9.17) is 9.47 Å². The van der Waals surface area contributed by atoms with Gasteiger partial charge in [0.25, 0.3) is 0 Å². The summed E-state index contributed by atoms with van der Waals surface area (Å²) >= 11 is 0. The van der Waals surface area contributed by atoms with Gasteiger partial charge in [-0.3, -0.25) is 0 Å². The average Bonchev–Trinajstić information content (AvgIpc) is 2.87. The molecule has 0 aromatic heterocycles. The number of ether oxygens (including phenoxy) is 2. The van der Waals surface area contributed by atoms with Crippen LogP contribution in [0.5, 0.6) is 0 Å². The van der Waals surface area contributed by atoms with E-state index >= 15 is 0 Å². The summed E-state index contributed by atoms with van der Waals surface area (Å²) in [7, 11) is 0. The van der Waals surface area contributed by atoms with Crippen molar-refractivity contribution in [1.82, 2.24) is 4.90 Å². The highest BCUT2D eigenvalue weighted by Crippen LogP contribution is 2.49. The topological polar surface area (TPSA) is 55.8 Å². The van der Waals surface area contributed by atoms with Crippen LogP contribution in [0, 0.1) is 11.3 Å². The van der Waals surface area contributed by atoms with Crippen molar-refractivity contribution in [2.24, 2.45) is 11.3 Å². The number of carbonyl (C=O) groups excluding carboxylic acids is 2. The smallest absolute Gasteiger partial charge is 0.410 e. The summed E-state index contributed by atoms with van der Waals surface area (Å²) in [5.74, 6) is 0.195. The monoisotopic (exact) mass is 337 g/mol. The highest BCUT2D eigenvalue weighted by atomic mass is 16.6. The second kappa shape index (κ2) is 7.58. The third-order valence-corrected chi connectivity index (χ3v) is 5.01. The van der Waals surface area contributed by atoms with Gasteiger partial charge >= 0.3 is 12.1 Å². The quantitative estimate of drug-likeness (QED) is 0.578. The van der Waals surface area contributed by atoms with Crippen LogP contribution in [0.1, 0.15) is 59.8 Å². The van der Waals surface area contributed by atoms with Crippen molar-refractivity contribution in [2.75, 3.05) is 19.7 Å². The number of rotatable bonds is 3. The fraction of sp³-hybridized carbons (Fsp3) is 0.789. The van der Waals surface area contributed by atoms with Crippen LogP contribution in [0.15, 0.2) is 12.2 Å². The lowest BCUT2D eigenvalue weighted by Crippen LogP contribution is -2.44. The highest BCUT2D eigenvalue weighted by molar-refractivity contribution is 5.81. The lowest BCUT2D eigenvalue weighted by atomic mass is 9.76. The molecule has 0 radical (unpaired) electrons. The molecule has 2 fully saturated rings. The van der Waals surface area contributed by atoms with Gasteiger partial charge in [0.1, 0.15) is 5.60 Å². The van der Waals surface area contributed by atoms with Crippen molar-refractivity contribution in [3.05, 3.63) is 12.2 Å². The molecular formula is C19H31NO4. The molecule has 0 aromatic rings. The minimum atomic E-state index is -0.442. The molecule has 0 bridgehead atoms. The van der Waals surface area contributed by atoms with Crippen molar-refractivity contribution in [2.45, 2.75) is 65.4 Å². The average molecular weight is 337 g/mol. The molecule has 5 nitrogen and oxygen atoms in total. The minimum absolute atomic E-state index is 0.200. The van der Waals surface area contributed by atoms with Gasteiger partial charge in [-0.25, -0.2) is 9.59 Å². The summed E-state index contributed by atoms with van der Waals surface area (Å²) in [6.07, 6.45) is 8.82. The molecule has 2 aliphatic rings. The van der Waals surface area contributed by atoms with Crippen molar-refractivity contribution < 1.29 is 19.1 Å². The van der Waals surface area contributed by atoms with Gasteiger partial charge in [0, 0.05) is 19.2 Å². The number of esters is 1. The summed E-state index contributed by atoms with van der Waals surface area (Å²) in [4.78, 5) is 25.4. The van der Waals surface area contributed by atoms with E-state index in [2.05, 4.69) is 0 Å². The van der Waals surface area contributed by atoms with Gasteiger partial charge in [-0.2, -0.15) is 0 Å². The van der Waals surface area contributed by atoms with Crippen LogP contribution < -0.4 is 0 Å². The largest absolute Gasteiger partial charge is 0.463 e. The van der Waals surface area contributed by atoms with Gasteiger partial charge in [-0.15, -0.1) is 0 Å². The van der Waals surface area contributed by atoms with Crippen molar-refractivity contribution in [3.8, 4) is 0 Å². The van der Waals surface area contributed by atoms with E-state index in [1.165, 1.54) is 6.42 Å². The number of hydrogen-bond donors (Lipinski definition) is 0. The number of hydrogen-bond acceptors (Lipinski definition) is 4. The Labute approximate surface area is 145 Å². The van der Waals surface area contributed by atoms with Crippen LogP contribution in [0.3, 0.4) is 0 Å². The zero-order chi connectivity index (χ0) is 17.8. The summed E-state index contributed by atoms with van der Waals surface area (Å²) in [6.45, 7) is 9.45. The van der Waals surface area contributed by atoms with Gasteiger partial charge < -0.3 is 14.4 Å². The van der Waals surface area contributed by atoms with Crippen LogP contribution in [0.4, 0.5) is 4.79 Å². The first kappa shape index (κ1) is 18.8. The SMILES string of the molecule is CCOC(=O)/C=C/[C@H]1CCC2(CCN(C(=O)OC(C)(C)C)CC2)C1. The van der Waals surface area contributed by atoms with E-state index in [1.54, 1.807) is 6.08 Å². The number of carbonyl (C=O) groups is 2. The van der Waals surface area contributed by atoms with Crippen LogP contribution in [-0.4, -0.2) is 42.3 Å². The molecule has 1 atom stereocenters. The molecule has 136 valence electrons. The molecule has 24 heavy (non-hydrogen) atoms. The number of likely N-dealkylation sites (tertiary alicyclic amines) is 1. The molecule has 0 N–H and O–H groups in total. The summed E-state index contributed by atoms with van der Waals surface area (Å²) < 4.78 is 10.4. The molecule has 1 saturated heterocycles. The molecule has 1 heterocycles. The van der Waals surface area contributed by atoms with Gasteiger partial charge in [0.05, 0.1) is 6.61 Å². The highest BCUT2D eigenvalue weighted by Gasteiger charge is 2.41. The van der Waals surface area contributed by atoms with E-state index in [0.717, 1.165) is 38.8 Å². The Balaban J connectivity index is 1.82. The Bertz CT molecular complexity index is 484. The predicted octanol–water partition coefficient (Wildman–Crippen LogP) is 3.92. The van der Waals surface area contributed by atoms with Gasteiger partial charge in [0.2, 0.25) is 0 Å². The van der Waals surface area contributed by atoms with Gasteiger partial charge in [0.15, 0.2) is 0 Å². The van der Waals surface area contributed by atoms with E-state index in [0.29, 0.717) is 17.9 Å². The Morgan fingerprint density at radius 2 is 1.88 bits per heavy atom. The minimum Gasteiger partial charge on any atom is -0.463 e. The van der Waals surface area contributed by atoms with Gasteiger partial charge in [-0.1, -0.05) is 6.08 Å². The van der Waals surface area contributed by atoms with Crippen LogP contribution in [0.25, 0.3) is 0 Å². The standard InChI is InChI=1S/C19H31NO4/c1-5-23-16(21)7-6-15-8-9-19(14-15)10-12-20(13-11-19)17(22)24-18(2,3)4/h6-7,15H,5,8-14H2,1-4H3/b7-6+/t15-/m0/s1. The first-order chi connectivity index (χ1) is 11.2. The van der Waals surface area contributed by atoms with Gasteiger partial charge in [-0.05, 0) is 71.1 Å². The zero-order valence-corrected chi connectivity index (χ0v) is 15.5. The molecule has 5 heteroatoms. The molecule has 1 aliphatic carbocycles. The molecule has 0 unspecified atom stereocenters. The number of amides is 1. The van der Waals surface area contributed by atoms with E-state index in [-0.39, 0.29) is 12.1 Å². The second-order valence-corrected chi connectivity index (χ2v) is 8.08. The fourth-order valence-electron chi connectivity index (χ4n) is 3.77. The Kier molecular flexibility index (Phi) is 5.94. The summed E-state index contributed by atoms with van der Waals surface area (Å²) in [5, 5.41) is 0. The van der Waals surface area contributed by atoms with E-state index < -0.39 is 5.60 Å². The molecule has 1 amide bonds. The van der Waals surface area contributed by atoms with Crippen molar-refractivity contribution >= 4 is 12.1 Å². The maximum Gasteiger partial charge on any atom is 0.410 e. The number of allylic oxidation sites excluding steroid dienone is 1. The molecule has 1 saturated carbocycles. The molecule has 0 aromatic carbocycles. The maximum atomic E-state index is 12.2. The second-order valence-electron chi connectivity index (χ2n) is 8.08. The number of nitrogens with zero attached hydrogens (tertiary/aromatic N) is 1. The normalized spacial score (nSPS) is 23.7. The third kappa shape index (κ3) is 5.25. The lowest BCUT2D eigenvalue weighted by Gasteiger charge is -2.39. The predicted molar refractivity (Wildman–Crippen MR) is 92.6 cm³/mol. The number of piperidine rings is 1. The summed E-state index contributed by atoms with van der Waals surface area (Å²) in [5.41, 5.74) is -0.120. The molecule has 2 rings (SSSR count). The fourth-order valence-corrected chi connectivity index (χ4v) is 3.77. The first-order valence-electron chi connectivity index (χ1n) is 9.06.